The van der Waals surface area contributed by atoms with Crippen LogP contribution in [0.25, 0.3) is 0 Å². The number of para-hydroxylation sites is 1. The lowest BCUT2D eigenvalue weighted by molar-refractivity contribution is -0.485. The molecule has 0 amide bonds. The number of anilines is 1. The zero-order valence-electron chi connectivity index (χ0n) is 11.8. The molecule has 5 nitrogen and oxygen atoms in total. The SMILES string of the molecule is C[N+]1=C(c2ccc([N+](=O)[O-])cc2)N(c2ccccc2)CC1. The highest BCUT2D eigenvalue weighted by Crippen LogP contribution is 2.21. The molecule has 0 aliphatic carbocycles. The molecule has 0 aromatic heterocycles. The number of amidine groups is 1. The molecule has 0 radical (unpaired) electrons. The molecule has 2 aromatic carbocycles. The lowest BCUT2D eigenvalue weighted by atomic mass is 10.1. The Bertz CT molecular complexity index is 693. The second kappa shape index (κ2) is 5.36. The monoisotopic (exact) mass is 282 g/mol. The number of benzene rings is 2. The van der Waals surface area contributed by atoms with Crippen LogP contribution in [0.5, 0.6) is 0 Å². The molecule has 0 saturated heterocycles. The minimum Gasteiger partial charge on any atom is -0.260 e. The van der Waals surface area contributed by atoms with Crippen molar-refractivity contribution in [2.24, 2.45) is 0 Å². The Morgan fingerprint density at radius 1 is 1.10 bits per heavy atom. The van der Waals surface area contributed by atoms with E-state index in [-0.39, 0.29) is 10.6 Å². The van der Waals surface area contributed by atoms with Crippen molar-refractivity contribution in [2.75, 3.05) is 25.0 Å². The maximum Gasteiger partial charge on any atom is 0.284 e. The van der Waals surface area contributed by atoms with Gasteiger partial charge in [-0.1, -0.05) is 18.2 Å². The van der Waals surface area contributed by atoms with Crippen LogP contribution in [-0.2, 0) is 0 Å². The van der Waals surface area contributed by atoms with Crippen molar-refractivity contribution < 1.29 is 9.50 Å². The summed E-state index contributed by atoms with van der Waals surface area (Å²) in [6.45, 7) is 1.84. The van der Waals surface area contributed by atoms with Gasteiger partial charge < -0.3 is 0 Å². The maximum absolute atomic E-state index is 10.8. The van der Waals surface area contributed by atoms with E-state index < -0.39 is 0 Å². The second-order valence-corrected chi connectivity index (χ2v) is 5.04. The van der Waals surface area contributed by atoms with Crippen molar-refractivity contribution in [2.45, 2.75) is 0 Å². The van der Waals surface area contributed by atoms with Crippen molar-refractivity contribution in [3.8, 4) is 0 Å². The van der Waals surface area contributed by atoms with Crippen molar-refractivity contribution in [3.63, 3.8) is 0 Å². The molecule has 0 unspecified atom stereocenters. The smallest absolute Gasteiger partial charge is 0.260 e. The van der Waals surface area contributed by atoms with Gasteiger partial charge in [0.15, 0.2) is 0 Å². The summed E-state index contributed by atoms with van der Waals surface area (Å²) >= 11 is 0. The summed E-state index contributed by atoms with van der Waals surface area (Å²) < 4.78 is 2.17. The van der Waals surface area contributed by atoms with Crippen LogP contribution >= 0.6 is 0 Å². The van der Waals surface area contributed by atoms with Gasteiger partial charge in [0.05, 0.1) is 17.5 Å². The Morgan fingerprint density at radius 3 is 2.38 bits per heavy atom. The van der Waals surface area contributed by atoms with Crippen LogP contribution in [0.4, 0.5) is 11.4 Å². The lowest BCUT2D eigenvalue weighted by Gasteiger charge is -2.12. The molecule has 1 aliphatic rings. The van der Waals surface area contributed by atoms with Gasteiger partial charge in [0.25, 0.3) is 11.5 Å². The van der Waals surface area contributed by atoms with Gasteiger partial charge in [0, 0.05) is 12.1 Å². The first kappa shape index (κ1) is 13.3. The van der Waals surface area contributed by atoms with Gasteiger partial charge >= 0.3 is 0 Å². The zero-order chi connectivity index (χ0) is 14.8. The quantitative estimate of drug-likeness (QED) is 0.494. The van der Waals surface area contributed by atoms with Gasteiger partial charge in [-0.05, 0) is 24.3 Å². The van der Waals surface area contributed by atoms with Crippen LogP contribution in [0.3, 0.4) is 0 Å². The largest absolute Gasteiger partial charge is 0.284 e. The van der Waals surface area contributed by atoms with E-state index in [1.807, 2.05) is 37.4 Å². The first-order chi connectivity index (χ1) is 10.2. The molecule has 21 heavy (non-hydrogen) atoms. The average molecular weight is 282 g/mol. The van der Waals surface area contributed by atoms with Gasteiger partial charge in [-0.3, -0.25) is 14.7 Å². The van der Waals surface area contributed by atoms with E-state index in [0.29, 0.717) is 0 Å². The van der Waals surface area contributed by atoms with E-state index in [0.717, 1.165) is 30.2 Å². The Labute approximate surface area is 122 Å². The fraction of sp³-hybridized carbons (Fsp3) is 0.188. The van der Waals surface area contributed by atoms with Crippen molar-refractivity contribution in [3.05, 3.63) is 70.3 Å². The first-order valence-electron chi connectivity index (χ1n) is 6.82. The molecule has 3 rings (SSSR count). The Morgan fingerprint density at radius 2 is 1.76 bits per heavy atom. The summed E-state index contributed by atoms with van der Waals surface area (Å²) in [7, 11) is 2.04. The van der Waals surface area contributed by atoms with Crippen LogP contribution in [0.1, 0.15) is 5.56 Å². The number of nitro groups is 1. The van der Waals surface area contributed by atoms with Crippen molar-refractivity contribution in [1.82, 2.24) is 0 Å². The topological polar surface area (TPSA) is 49.4 Å². The minimum atomic E-state index is -0.373. The van der Waals surface area contributed by atoms with Gasteiger partial charge in [0.1, 0.15) is 18.8 Å². The second-order valence-electron chi connectivity index (χ2n) is 5.04. The van der Waals surface area contributed by atoms with Crippen LogP contribution in [0.2, 0.25) is 0 Å². The number of nitrogens with zero attached hydrogens (tertiary/aromatic N) is 3. The highest BCUT2D eigenvalue weighted by Gasteiger charge is 2.31. The standard InChI is InChI=1S/C16H16N3O2/c1-17-11-12-18(14-5-3-2-4-6-14)16(17)13-7-9-15(10-8-13)19(20)21/h2-10H,11-12H2,1H3/q+1. The van der Waals surface area contributed by atoms with E-state index in [2.05, 4.69) is 21.6 Å². The highest BCUT2D eigenvalue weighted by molar-refractivity contribution is 6.07. The molecule has 0 bridgehead atoms. The van der Waals surface area contributed by atoms with E-state index in [1.54, 1.807) is 12.1 Å². The van der Waals surface area contributed by atoms with Crippen molar-refractivity contribution >= 4 is 17.2 Å². The van der Waals surface area contributed by atoms with Crippen LogP contribution < -0.4 is 4.90 Å². The fourth-order valence-electron chi connectivity index (χ4n) is 2.64. The molecule has 0 atom stereocenters. The Hall–Kier alpha value is -2.69. The minimum absolute atomic E-state index is 0.117. The normalized spacial score (nSPS) is 14.6. The lowest BCUT2D eigenvalue weighted by Crippen LogP contribution is -2.29. The summed E-state index contributed by atoms with van der Waals surface area (Å²) in [5.74, 6) is 1.08. The molecule has 1 heterocycles. The number of non-ortho nitro benzene ring substituents is 1. The van der Waals surface area contributed by atoms with Crippen LogP contribution in [-0.4, -0.2) is 35.5 Å². The molecule has 0 fully saturated rings. The van der Waals surface area contributed by atoms with Gasteiger partial charge in [-0.25, -0.2) is 4.90 Å². The third kappa shape index (κ3) is 2.50. The summed E-state index contributed by atoms with van der Waals surface area (Å²) in [6.07, 6.45) is 0. The molecule has 106 valence electrons. The maximum atomic E-state index is 10.8. The van der Waals surface area contributed by atoms with Gasteiger partial charge in [-0.15, -0.1) is 0 Å². The first-order valence-corrected chi connectivity index (χ1v) is 6.82. The fourth-order valence-corrected chi connectivity index (χ4v) is 2.64. The predicted octanol–water partition coefficient (Wildman–Crippen LogP) is 2.50. The third-order valence-electron chi connectivity index (χ3n) is 3.68. The van der Waals surface area contributed by atoms with Crippen LogP contribution in [0.15, 0.2) is 54.6 Å². The molecule has 5 heteroatoms. The average Bonchev–Trinajstić information content (AvgIpc) is 2.90. The number of likely N-dealkylation sites (N-methyl/N-ethyl adjacent to an activating group) is 1. The summed E-state index contributed by atoms with van der Waals surface area (Å²) in [6, 6.07) is 16.9. The van der Waals surface area contributed by atoms with E-state index >= 15 is 0 Å². The molecule has 0 spiro atoms. The number of hydrogen-bond donors (Lipinski definition) is 0. The van der Waals surface area contributed by atoms with E-state index in [9.17, 15) is 10.1 Å². The Kier molecular flexibility index (Phi) is 3.39. The number of rotatable bonds is 3. The van der Waals surface area contributed by atoms with Gasteiger partial charge in [0.2, 0.25) is 0 Å². The molecule has 0 N–H and O–H groups in total. The molecule has 2 aromatic rings. The van der Waals surface area contributed by atoms with E-state index in [1.165, 1.54) is 0 Å². The molecule has 1 aliphatic heterocycles. The number of hydrogen-bond acceptors (Lipinski definition) is 3. The summed E-state index contributed by atoms with van der Waals surface area (Å²) in [5.41, 5.74) is 2.24. The summed E-state index contributed by atoms with van der Waals surface area (Å²) in [5, 5.41) is 10.8. The zero-order valence-corrected chi connectivity index (χ0v) is 11.8. The van der Waals surface area contributed by atoms with Crippen LogP contribution in [0, 0.1) is 10.1 Å². The van der Waals surface area contributed by atoms with Crippen molar-refractivity contribution in [1.29, 1.82) is 0 Å². The van der Waals surface area contributed by atoms with E-state index in [4.69, 9.17) is 0 Å². The third-order valence-corrected chi connectivity index (χ3v) is 3.68. The molecular weight excluding hydrogens is 266 g/mol. The summed E-state index contributed by atoms with van der Waals surface area (Å²) in [4.78, 5) is 12.6. The highest BCUT2D eigenvalue weighted by atomic mass is 16.6. The molecular formula is C16H16N3O2+. The Balaban J connectivity index is 1.98. The number of nitro benzene ring substituents is 1. The molecule has 0 saturated carbocycles. The predicted molar refractivity (Wildman–Crippen MR) is 82.0 cm³/mol. The van der Waals surface area contributed by atoms with Gasteiger partial charge in [-0.2, -0.15) is 0 Å².